The van der Waals surface area contributed by atoms with Crippen LogP contribution in [0, 0.1) is 27.7 Å². The Hall–Kier alpha value is -4.62. The molecule has 0 fully saturated rings. The topological polar surface area (TPSA) is 4.93 Å². The van der Waals surface area contributed by atoms with E-state index in [1.807, 2.05) is 0 Å². The van der Waals surface area contributed by atoms with Gasteiger partial charge in [0.15, 0.2) is 0 Å². The van der Waals surface area contributed by atoms with Crippen LogP contribution in [0.3, 0.4) is 0 Å². The highest BCUT2D eigenvalue weighted by molar-refractivity contribution is 6.18. The predicted octanol–water partition coefficient (Wildman–Crippen LogP) is 10.5. The first-order valence-electron chi connectivity index (χ1n) is 13.7. The lowest BCUT2D eigenvalue weighted by molar-refractivity contribution is 1.18. The third-order valence-corrected chi connectivity index (χ3v) is 8.30. The van der Waals surface area contributed by atoms with Gasteiger partial charge in [-0.25, -0.2) is 0 Å². The van der Waals surface area contributed by atoms with Gasteiger partial charge in [0.2, 0.25) is 0 Å². The molecular formula is C38H31N. The van der Waals surface area contributed by atoms with Gasteiger partial charge < -0.3 is 4.57 Å². The lowest BCUT2D eigenvalue weighted by atomic mass is 9.82. The van der Waals surface area contributed by atoms with Gasteiger partial charge in [-0.3, -0.25) is 0 Å². The quantitative estimate of drug-likeness (QED) is 0.227. The Kier molecular flexibility index (Phi) is 5.42. The minimum atomic E-state index is 1.19. The van der Waals surface area contributed by atoms with Crippen LogP contribution in [0.5, 0.6) is 0 Å². The van der Waals surface area contributed by atoms with Crippen molar-refractivity contribution in [3.05, 3.63) is 138 Å². The predicted molar refractivity (Wildman–Crippen MR) is 168 cm³/mol. The third-order valence-electron chi connectivity index (χ3n) is 8.30. The van der Waals surface area contributed by atoms with Crippen LogP contribution in [-0.4, -0.2) is 4.57 Å². The number of rotatable bonds is 3. The fourth-order valence-corrected chi connectivity index (χ4v) is 6.45. The monoisotopic (exact) mass is 501 g/mol. The summed E-state index contributed by atoms with van der Waals surface area (Å²) in [5.41, 5.74) is 14.2. The summed E-state index contributed by atoms with van der Waals surface area (Å²) >= 11 is 0. The van der Waals surface area contributed by atoms with Crippen molar-refractivity contribution in [2.45, 2.75) is 27.7 Å². The highest BCUT2D eigenvalue weighted by Crippen LogP contribution is 2.46. The van der Waals surface area contributed by atoms with E-state index in [1.54, 1.807) is 0 Å². The molecule has 0 radical (unpaired) electrons. The van der Waals surface area contributed by atoms with Crippen LogP contribution < -0.4 is 0 Å². The van der Waals surface area contributed by atoms with Crippen LogP contribution in [0.15, 0.2) is 115 Å². The average molecular weight is 502 g/mol. The smallest absolute Gasteiger partial charge is 0.0547 e. The Morgan fingerprint density at radius 2 is 1.03 bits per heavy atom. The number of aromatic nitrogens is 1. The summed E-state index contributed by atoms with van der Waals surface area (Å²) in [6.07, 6.45) is 0. The molecule has 1 nitrogen and oxygen atoms in total. The molecule has 0 aliphatic carbocycles. The van der Waals surface area contributed by atoms with Crippen LogP contribution >= 0.6 is 0 Å². The number of fused-ring (bicyclic) bond motifs is 4. The zero-order valence-corrected chi connectivity index (χ0v) is 22.9. The molecule has 0 unspecified atom stereocenters. The van der Waals surface area contributed by atoms with Crippen LogP contribution in [0.25, 0.3) is 60.5 Å². The first-order valence-corrected chi connectivity index (χ1v) is 13.7. The van der Waals surface area contributed by atoms with Crippen LogP contribution in [0.4, 0.5) is 0 Å². The van der Waals surface area contributed by atoms with Gasteiger partial charge in [0.1, 0.15) is 0 Å². The number of nitrogens with zero attached hydrogens (tertiary/aromatic N) is 1. The van der Waals surface area contributed by atoms with E-state index in [0.29, 0.717) is 0 Å². The molecule has 6 aromatic carbocycles. The molecule has 7 aromatic rings. The minimum Gasteiger partial charge on any atom is -0.309 e. The SMILES string of the molecule is Cc1cc2ccccc2cc1-c1c(C)ccc(C)c1-c1c(C)ccc2c1c1ccccc1n2-c1ccccc1. The van der Waals surface area contributed by atoms with Crippen molar-refractivity contribution in [2.24, 2.45) is 0 Å². The van der Waals surface area contributed by atoms with E-state index in [2.05, 4.69) is 148 Å². The Balaban J connectivity index is 1.64. The molecule has 1 heteroatoms. The summed E-state index contributed by atoms with van der Waals surface area (Å²) in [5.74, 6) is 0. The molecule has 188 valence electrons. The van der Waals surface area contributed by atoms with E-state index < -0.39 is 0 Å². The van der Waals surface area contributed by atoms with Gasteiger partial charge in [-0.15, -0.1) is 0 Å². The van der Waals surface area contributed by atoms with Crippen molar-refractivity contribution in [2.75, 3.05) is 0 Å². The first kappa shape index (κ1) is 23.5. The summed E-state index contributed by atoms with van der Waals surface area (Å²) in [5, 5.41) is 5.18. The summed E-state index contributed by atoms with van der Waals surface area (Å²) < 4.78 is 2.42. The largest absolute Gasteiger partial charge is 0.309 e. The van der Waals surface area contributed by atoms with E-state index in [1.165, 1.54) is 82.8 Å². The molecule has 0 atom stereocenters. The second-order valence-electron chi connectivity index (χ2n) is 10.8. The molecule has 0 amide bonds. The van der Waals surface area contributed by atoms with Gasteiger partial charge in [-0.2, -0.15) is 0 Å². The van der Waals surface area contributed by atoms with Crippen molar-refractivity contribution in [1.29, 1.82) is 0 Å². The fourth-order valence-electron chi connectivity index (χ4n) is 6.45. The van der Waals surface area contributed by atoms with Gasteiger partial charge in [-0.1, -0.05) is 84.9 Å². The Bertz CT molecular complexity index is 2040. The van der Waals surface area contributed by atoms with E-state index in [9.17, 15) is 0 Å². The molecule has 0 saturated heterocycles. The molecule has 1 aromatic heterocycles. The third kappa shape index (κ3) is 3.61. The maximum atomic E-state index is 2.42. The number of hydrogen-bond donors (Lipinski definition) is 0. The summed E-state index contributed by atoms with van der Waals surface area (Å²) in [6.45, 7) is 9.04. The molecule has 0 bridgehead atoms. The lowest BCUT2D eigenvalue weighted by Gasteiger charge is -2.21. The van der Waals surface area contributed by atoms with Gasteiger partial charge >= 0.3 is 0 Å². The lowest BCUT2D eigenvalue weighted by Crippen LogP contribution is -1.98. The Morgan fingerprint density at radius 3 is 1.79 bits per heavy atom. The highest BCUT2D eigenvalue weighted by Gasteiger charge is 2.22. The summed E-state index contributed by atoms with van der Waals surface area (Å²) in [6, 6.07) is 42.2. The molecule has 0 N–H and O–H groups in total. The second-order valence-corrected chi connectivity index (χ2v) is 10.8. The van der Waals surface area contributed by atoms with E-state index >= 15 is 0 Å². The van der Waals surface area contributed by atoms with Gasteiger partial charge in [-0.05, 0) is 113 Å². The zero-order chi connectivity index (χ0) is 26.7. The van der Waals surface area contributed by atoms with Crippen molar-refractivity contribution in [1.82, 2.24) is 4.57 Å². The average Bonchev–Trinajstić information content (AvgIpc) is 3.29. The molecule has 39 heavy (non-hydrogen) atoms. The second kappa shape index (κ2) is 8.99. The highest BCUT2D eigenvalue weighted by atomic mass is 15.0. The maximum Gasteiger partial charge on any atom is 0.0547 e. The van der Waals surface area contributed by atoms with Crippen molar-refractivity contribution in [3.8, 4) is 27.9 Å². The Labute approximate surface area is 230 Å². The molecular weight excluding hydrogens is 470 g/mol. The van der Waals surface area contributed by atoms with Crippen molar-refractivity contribution >= 4 is 32.6 Å². The van der Waals surface area contributed by atoms with Gasteiger partial charge in [0.05, 0.1) is 11.0 Å². The molecule has 0 saturated carbocycles. The molecule has 1 heterocycles. The van der Waals surface area contributed by atoms with E-state index in [-0.39, 0.29) is 0 Å². The summed E-state index contributed by atoms with van der Waals surface area (Å²) in [7, 11) is 0. The van der Waals surface area contributed by atoms with Gasteiger partial charge in [0.25, 0.3) is 0 Å². The van der Waals surface area contributed by atoms with Crippen LogP contribution in [0.2, 0.25) is 0 Å². The van der Waals surface area contributed by atoms with Crippen molar-refractivity contribution in [3.63, 3.8) is 0 Å². The standard InChI is InChI=1S/C38H31N/c1-24-18-19-25(2)36(35(24)32-23-29-13-9-8-12-28(29)22-27(32)4)37-26(3)20-21-34-38(37)31-16-10-11-17-33(31)39(34)30-14-6-5-7-15-30/h5-23H,1-4H3. The Morgan fingerprint density at radius 1 is 0.436 bits per heavy atom. The first-order chi connectivity index (χ1) is 19.0. The number of para-hydroxylation sites is 2. The minimum absolute atomic E-state index is 1.19. The van der Waals surface area contributed by atoms with Gasteiger partial charge in [0, 0.05) is 16.5 Å². The number of aryl methyl sites for hydroxylation is 4. The van der Waals surface area contributed by atoms with Crippen LogP contribution in [0.1, 0.15) is 22.3 Å². The number of benzene rings is 6. The normalized spacial score (nSPS) is 11.6. The fraction of sp³-hybridized carbons (Fsp3) is 0.105. The molecule has 0 aliphatic heterocycles. The molecule has 0 spiro atoms. The van der Waals surface area contributed by atoms with Crippen LogP contribution in [-0.2, 0) is 0 Å². The van der Waals surface area contributed by atoms with Crippen molar-refractivity contribution < 1.29 is 0 Å². The molecule has 0 aliphatic rings. The maximum absolute atomic E-state index is 2.42. The zero-order valence-electron chi connectivity index (χ0n) is 22.9. The van der Waals surface area contributed by atoms with E-state index in [4.69, 9.17) is 0 Å². The summed E-state index contributed by atoms with van der Waals surface area (Å²) in [4.78, 5) is 0. The molecule has 7 rings (SSSR count). The van der Waals surface area contributed by atoms with E-state index in [0.717, 1.165) is 0 Å². The number of hydrogen-bond acceptors (Lipinski definition) is 0.